The van der Waals surface area contributed by atoms with Crippen LogP contribution in [0.15, 0.2) is 0 Å². The standard InChI is InChI=1S/C9H20N2OS/c1-3-9(8-13(10)12)5-4-6-11(2)7-9/h10,13H,3-8H2,1-2H3/t9-/m0/s1. The van der Waals surface area contributed by atoms with Gasteiger partial charge in [-0.25, -0.2) is 0 Å². The molecular weight excluding hydrogens is 184 g/mol. The van der Waals surface area contributed by atoms with Gasteiger partial charge in [-0.15, -0.1) is 0 Å². The summed E-state index contributed by atoms with van der Waals surface area (Å²) in [4.78, 5) is 2.30. The van der Waals surface area contributed by atoms with Crippen LogP contribution in [0.2, 0.25) is 0 Å². The van der Waals surface area contributed by atoms with E-state index in [2.05, 4.69) is 18.9 Å². The van der Waals surface area contributed by atoms with Gasteiger partial charge in [0.25, 0.3) is 0 Å². The molecule has 4 heteroatoms. The van der Waals surface area contributed by atoms with Crippen molar-refractivity contribution in [3.05, 3.63) is 0 Å². The van der Waals surface area contributed by atoms with E-state index in [1.807, 2.05) is 0 Å². The van der Waals surface area contributed by atoms with Crippen molar-refractivity contribution in [1.82, 2.24) is 4.90 Å². The summed E-state index contributed by atoms with van der Waals surface area (Å²) in [6, 6.07) is 0. The van der Waals surface area contributed by atoms with Gasteiger partial charge in [0, 0.05) is 22.9 Å². The second kappa shape index (κ2) is 4.42. The smallest absolute Gasteiger partial charge is 0.0357 e. The van der Waals surface area contributed by atoms with E-state index in [-0.39, 0.29) is 5.41 Å². The Bertz CT molecular complexity index is 232. The summed E-state index contributed by atoms with van der Waals surface area (Å²) >= 11 is 0. The molecule has 1 aliphatic heterocycles. The number of rotatable bonds is 3. The molecule has 0 aromatic heterocycles. The van der Waals surface area contributed by atoms with Crippen molar-refractivity contribution in [2.24, 2.45) is 5.41 Å². The minimum absolute atomic E-state index is 0.169. The Labute approximate surface area is 82.5 Å². The van der Waals surface area contributed by atoms with Crippen LogP contribution >= 0.6 is 0 Å². The highest BCUT2D eigenvalue weighted by atomic mass is 32.2. The van der Waals surface area contributed by atoms with Gasteiger partial charge >= 0.3 is 0 Å². The summed E-state index contributed by atoms with van der Waals surface area (Å²) in [6.45, 7) is 4.32. The fraction of sp³-hybridized carbons (Fsp3) is 1.00. The normalized spacial score (nSPS) is 33.1. The van der Waals surface area contributed by atoms with E-state index < -0.39 is 10.6 Å². The van der Waals surface area contributed by atoms with Gasteiger partial charge in [0.15, 0.2) is 0 Å². The van der Waals surface area contributed by atoms with E-state index in [1.165, 1.54) is 6.42 Å². The van der Waals surface area contributed by atoms with Crippen LogP contribution in [-0.4, -0.2) is 35.0 Å². The van der Waals surface area contributed by atoms with Gasteiger partial charge in [0.05, 0.1) is 0 Å². The van der Waals surface area contributed by atoms with E-state index in [0.717, 1.165) is 25.9 Å². The van der Waals surface area contributed by atoms with E-state index in [9.17, 15) is 4.21 Å². The average molecular weight is 204 g/mol. The molecule has 0 aromatic carbocycles. The Hall–Kier alpha value is -0.0900. The summed E-state index contributed by atoms with van der Waals surface area (Å²) in [5.74, 6) is 0.586. The number of nitrogens with zero attached hydrogens (tertiary/aromatic N) is 1. The number of hydrogen-bond donors (Lipinski definition) is 2. The first-order valence-electron chi connectivity index (χ1n) is 4.92. The molecule has 0 radical (unpaired) electrons. The highest BCUT2D eigenvalue weighted by molar-refractivity contribution is 7.73. The molecule has 0 aromatic rings. The first kappa shape index (κ1) is 11.0. The van der Waals surface area contributed by atoms with Gasteiger partial charge in [-0.3, -0.25) is 8.99 Å². The lowest BCUT2D eigenvalue weighted by molar-refractivity contribution is 0.125. The Balaban J connectivity index is 2.67. The molecule has 1 fully saturated rings. The predicted octanol–water partition coefficient (Wildman–Crippen LogP) is 1.35. The highest BCUT2D eigenvalue weighted by Crippen LogP contribution is 2.32. The van der Waals surface area contributed by atoms with Gasteiger partial charge in [-0.05, 0) is 38.3 Å². The molecule has 1 saturated heterocycles. The maximum Gasteiger partial charge on any atom is 0.0357 e. The Morgan fingerprint density at radius 1 is 1.62 bits per heavy atom. The lowest BCUT2D eigenvalue weighted by atomic mass is 9.79. The van der Waals surface area contributed by atoms with Crippen molar-refractivity contribution in [3.8, 4) is 0 Å². The zero-order valence-electron chi connectivity index (χ0n) is 8.55. The van der Waals surface area contributed by atoms with Crippen molar-refractivity contribution in [2.75, 3.05) is 25.9 Å². The molecule has 2 atom stereocenters. The molecule has 1 aliphatic rings. The number of thiol groups is 1. The molecule has 1 unspecified atom stereocenters. The zero-order valence-corrected chi connectivity index (χ0v) is 9.44. The molecule has 78 valence electrons. The summed E-state index contributed by atoms with van der Waals surface area (Å²) < 4.78 is 18.2. The first-order chi connectivity index (χ1) is 6.08. The third-order valence-corrected chi connectivity index (χ3v) is 4.04. The summed E-state index contributed by atoms with van der Waals surface area (Å²) in [5.41, 5.74) is 0.169. The predicted molar refractivity (Wildman–Crippen MR) is 56.6 cm³/mol. The monoisotopic (exact) mass is 204 g/mol. The van der Waals surface area contributed by atoms with Crippen molar-refractivity contribution < 1.29 is 4.21 Å². The largest absolute Gasteiger partial charge is 0.306 e. The third kappa shape index (κ3) is 2.95. The lowest BCUT2D eigenvalue weighted by Gasteiger charge is -2.40. The zero-order chi connectivity index (χ0) is 9.90. The van der Waals surface area contributed by atoms with Crippen molar-refractivity contribution in [1.29, 1.82) is 4.78 Å². The molecule has 1 N–H and O–H groups in total. The Kier molecular flexibility index (Phi) is 3.74. The number of nitrogens with one attached hydrogen (secondary N) is 1. The van der Waals surface area contributed by atoms with Crippen molar-refractivity contribution >= 4 is 10.6 Å². The van der Waals surface area contributed by atoms with Crippen LogP contribution < -0.4 is 0 Å². The van der Waals surface area contributed by atoms with Crippen molar-refractivity contribution in [3.63, 3.8) is 0 Å². The molecule has 1 heterocycles. The highest BCUT2D eigenvalue weighted by Gasteiger charge is 2.32. The SMILES string of the molecule is CC[C@]1(C[SH](=N)=O)CCCN(C)C1. The lowest BCUT2D eigenvalue weighted by Crippen LogP contribution is -2.43. The maximum absolute atomic E-state index is 11.0. The minimum atomic E-state index is -1.72. The van der Waals surface area contributed by atoms with Crippen LogP contribution in [0.3, 0.4) is 0 Å². The molecule has 0 spiro atoms. The third-order valence-electron chi connectivity index (χ3n) is 3.08. The number of piperidine rings is 1. The first-order valence-corrected chi connectivity index (χ1v) is 6.37. The van der Waals surface area contributed by atoms with Crippen LogP contribution in [-0.2, 0) is 10.6 Å². The van der Waals surface area contributed by atoms with E-state index in [4.69, 9.17) is 4.78 Å². The topological polar surface area (TPSA) is 44.2 Å². The molecule has 0 aliphatic carbocycles. The van der Waals surface area contributed by atoms with E-state index in [1.54, 1.807) is 0 Å². The van der Waals surface area contributed by atoms with E-state index in [0.29, 0.717) is 5.75 Å². The number of likely N-dealkylation sites (tertiary alicyclic amines) is 1. The molecule has 0 saturated carbocycles. The molecule has 1 rings (SSSR count). The van der Waals surface area contributed by atoms with Gasteiger partial charge in [0.1, 0.15) is 0 Å². The van der Waals surface area contributed by atoms with Crippen molar-refractivity contribution in [2.45, 2.75) is 26.2 Å². The van der Waals surface area contributed by atoms with E-state index >= 15 is 0 Å². The van der Waals surface area contributed by atoms with Crippen LogP contribution in [0.5, 0.6) is 0 Å². The van der Waals surface area contributed by atoms with Gasteiger partial charge in [0.2, 0.25) is 0 Å². The molecule has 0 bridgehead atoms. The van der Waals surface area contributed by atoms with Crippen LogP contribution in [0.25, 0.3) is 0 Å². The van der Waals surface area contributed by atoms with Gasteiger partial charge < -0.3 is 4.90 Å². The second-order valence-corrected chi connectivity index (χ2v) is 5.30. The summed E-state index contributed by atoms with van der Waals surface area (Å²) in [5, 5.41) is 0. The molecule has 0 amide bonds. The Morgan fingerprint density at radius 2 is 2.31 bits per heavy atom. The molecule has 13 heavy (non-hydrogen) atoms. The fourth-order valence-electron chi connectivity index (χ4n) is 2.29. The fourth-order valence-corrected chi connectivity index (χ4v) is 3.38. The summed E-state index contributed by atoms with van der Waals surface area (Å²) in [6.07, 6.45) is 3.39. The van der Waals surface area contributed by atoms with Gasteiger partial charge in [-0.1, -0.05) is 6.92 Å². The molecular formula is C9H20N2OS. The minimum Gasteiger partial charge on any atom is -0.306 e. The average Bonchev–Trinajstić information content (AvgIpc) is 2.03. The van der Waals surface area contributed by atoms with Crippen LogP contribution in [0.1, 0.15) is 26.2 Å². The summed E-state index contributed by atoms with van der Waals surface area (Å²) in [7, 11) is 0.388. The van der Waals surface area contributed by atoms with Gasteiger partial charge in [-0.2, -0.15) is 0 Å². The Morgan fingerprint density at radius 3 is 2.77 bits per heavy atom. The van der Waals surface area contributed by atoms with Crippen LogP contribution in [0, 0.1) is 10.2 Å². The second-order valence-electron chi connectivity index (χ2n) is 4.23. The quantitative estimate of drug-likeness (QED) is 0.682. The number of hydrogen-bond acceptors (Lipinski definition) is 3. The van der Waals surface area contributed by atoms with Crippen LogP contribution in [0.4, 0.5) is 0 Å². The maximum atomic E-state index is 11.0. The molecule has 3 nitrogen and oxygen atoms in total.